The predicted molar refractivity (Wildman–Crippen MR) is 102 cm³/mol. The van der Waals surface area contributed by atoms with E-state index in [4.69, 9.17) is 4.74 Å². The molecule has 1 aromatic heterocycles. The fraction of sp³-hybridized carbons (Fsp3) is 0.789. The average molecular weight is 366 g/mol. The molecule has 1 N–H and O–H groups in total. The molecule has 0 unspecified atom stereocenters. The van der Waals surface area contributed by atoms with Crippen LogP contribution in [-0.4, -0.2) is 41.2 Å². The minimum Gasteiger partial charge on any atom is -0.378 e. The molecule has 25 heavy (non-hydrogen) atoms. The van der Waals surface area contributed by atoms with Gasteiger partial charge in [0.05, 0.1) is 6.10 Å². The molecule has 0 aliphatic heterocycles. The Kier molecular flexibility index (Phi) is 6.70. The lowest BCUT2D eigenvalue weighted by Gasteiger charge is -2.37. The number of urea groups is 1. The van der Waals surface area contributed by atoms with Gasteiger partial charge in [-0.3, -0.25) is 5.32 Å². The Morgan fingerprint density at radius 3 is 2.68 bits per heavy atom. The number of anilines is 1. The smallest absolute Gasteiger partial charge is 0.323 e. The summed E-state index contributed by atoms with van der Waals surface area (Å²) >= 11 is 1.47. The first kappa shape index (κ1) is 18.6. The molecule has 2 saturated carbocycles. The molecule has 2 fully saturated rings. The number of amides is 2. The lowest BCUT2D eigenvalue weighted by molar-refractivity contribution is 0.00715. The number of hydrogen-bond acceptors (Lipinski definition) is 4. The zero-order valence-electron chi connectivity index (χ0n) is 15.4. The highest BCUT2D eigenvalue weighted by Crippen LogP contribution is 2.32. The molecule has 6 heteroatoms. The number of rotatable bonds is 8. The SMILES string of the molecule is CC(C)CCN(C(=O)Nc1nccs1)C1CCC(OCC2CC2)CC1. The maximum absolute atomic E-state index is 12.8. The monoisotopic (exact) mass is 365 g/mol. The Balaban J connectivity index is 1.52. The first-order valence-electron chi connectivity index (χ1n) is 9.70. The van der Waals surface area contributed by atoms with Gasteiger partial charge in [-0.05, 0) is 56.8 Å². The molecule has 3 rings (SSSR count). The van der Waals surface area contributed by atoms with Gasteiger partial charge in [-0.15, -0.1) is 11.3 Å². The summed E-state index contributed by atoms with van der Waals surface area (Å²) in [5, 5.41) is 5.53. The van der Waals surface area contributed by atoms with Crippen molar-refractivity contribution in [3.05, 3.63) is 11.6 Å². The Morgan fingerprint density at radius 1 is 1.32 bits per heavy atom. The van der Waals surface area contributed by atoms with Crippen molar-refractivity contribution < 1.29 is 9.53 Å². The third-order valence-corrected chi connectivity index (χ3v) is 5.89. The quantitative estimate of drug-likeness (QED) is 0.722. The van der Waals surface area contributed by atoms with Crippen LogP contribution < -0.4 is 5.32 Å². The van der Waals surface area contributed by atoms with Gasteiger partial charge in [-0.25, -0.2) is 9.78 Å². The van der Waals surface area contributed by atoms with E-state index < -0.39 is 0 Å². The summed E-state index contributed by atoms with van der Waals surface area (Å²) < 4.78 is 6.05. The highest BCUT2D eigenvalue weighted by molar-refractivity contribution is 7.13. The Bertz CT molecular complexity index is 523. The van der Waals surface area contributed by atoms with E-state index in [-0.39, 0.29) is 6.03 Å². The van der Waals surface area contributed by atoms with Crippen LogP contribution in [0.15, 0.2) is 11.6 Å². The fourth-order valence-electron chi connectivity index (χ4n) is 3.38. The first-order chi connectivity index (χ1) is 12.1. The number of aromatic nitrogens is 1. The van der Waals surface area contributed by atoms with Crippen molar-refractivity contribution in [1.82, 2.24) is 9.88 Å². The van der Waals surface area contributed by atoms with Crippen molar-refractivity contribution in [1.29, 1.82) is 0 Å². The van der Waals surface area contributed by atoms with Crippen molar-refractivity contribution in [2.45, 2.75) is 70.9 Å². The Morgan fingerprint density at radius 2 is 2.08 bits per heavy atom. The van der Waals surface area contributed by atoms with Gasteiger partial charge in [-0.1, -0.05) is 13.8 Å². The largest absolute Gasteiger partial charge is 0.378 e. The van der Waals surface area contributed by atoms with Crippen LogP contribution in [0.25, 0.3) is 0 Å². The Labute approximate surface area is 155 Å². The molecule has 0 aromatic carbocycles. The van der Waals surface area contributed by atoms with Gasteiger partial charge in [0.25, 0.3) is 0 Å². The summed E-state index contributed by atoms with van der Waals surface area (Å²) in [5.74, 6) is 1.41. The van der Waals surface area contributed by atoms with E-state index in [9.17, 15) is 4.79 Å². The maximum atomic E-state index is 12.8. The Hall–Kier alpha value is -1.14. The van der Waals surface area contributed by atoms with Crippen molar-refractivity contribution in [2.24, 2.45) is 11.8 Å². The normalized spacial score (nSPS) is 23.6. The number of hydrogen-bond donors (Lipinski definition) is 1. The zero-order chi connectivity index (χ0) is 17.6. The van der Waals surface area contributed by atoms with Crippen LogP contribution in [0, 0.1) is 11.8 Å². The molecular formula is C19H31N3O2S. The van der Waals surface area contributed by atoms with E-state index in [1.165, 1.54) is 24.2 Å². The minimum absolute atomic E-state index is 0.00190. The number of nitrogens with one attached hydrogen (secondary N) is 1. The van der Waals surface area contributed by atoms with Crippen LogP contribution in [0.2, 0.25) is 0 Å². The van der Waals surface area contributed by atoms with Gasteiger partial charge in [0.15, 0.2) is 5.13 Å². The summed E-state index contributed by atoms with van der Waals surface area (Å²) in [5.41, 5.74) is 0. The molecule has 5 nitrogen and oxygen atoms in total. The molecule has 0 saturated heterocycles. The zero-order valence-corrected chi connectivity index (χ0v) is 16.3. The van der Waals surface area contributed by atoms with E-state index in [0.29, 0.717) is 23.2 Å². The molecule has 0 radical (unpaired) electrons. The van der Waals surface area contributed by atoms with Gasteiger partial charge in [-0.2, -0.15) is 0 Å². The predicted octanol–water partition coefficient (Wildman–Crippen LogP) is 4.76. The molecule has 2 aliphatic rings. The molecular weight excluding hydrogens is 334 g/mol. The van der Waals surface area contributed by atoms with Crippen LogP contribution in [0.4, 0.5) is 9.93 Å². The standard InChI is InChI=1S/C19H31N3O2S/c1-14(2)9-11-22(19(23)21-18-20-10-12-25-18)16-5-7-17(8-6-16)24-13-15-3-4-15/h10,12,14-17H,3-9,11,13H2,1-2H3,(H,20,21,23). The van der Waals surface area contributed by atoms with Gasteiger partial charge in [0, 0.05) is 30.8 Å². The summed E-state index contributed by atoms with van der Waals surface area (Å²) in [6.45, 7) is 6.17. The van der Waals surface area contributed by atoms with Crippen molar-refractivity contribution in [3.8, 4) is 0 Å². The van der Waals surface area contributed by atoms with Crippen LogP contribution in [0.5, 0.6) is 0 Å². The summed E-state index contributed by atoms with van der Waals surface area (Å²) in [6, 6.07) is 0.317. The summed E-state index contributed by atoms with van der Waals surface area (Å²) in [7, 11) is 0. The fourth-order valence-corrected chi connectivity index (χ4v) is 3.89. The minimum atomic E-state index is -0.00190. The van der Waals surface area contributed by atoms with E-state index in [2.05, 4.69) is 24.1 Å². The van der Waals surface area contributed by atoms with Crippen LogP contribution in [-0.2, 0) is 4.74 Å². The summed E-state index contributed by atoms with van der Waals surface area (Å²) in [6.07, 6.45) is 10.1. The third kappa shape index (κ3) is 5.96. The van der Waals surface area contributed by atoms with Crippen LogP contribution >= 0.6 is 11.3 Å². The van der Waals surface area contributed by atoms with Gasteiger partial charge < -0.3 is 9.64 Å². The number of ether oxygens (including phenoxy) is 1. The number of carbonyl (C=O) groups excluding carboxylic acids is 1. The lowest BCUT2D eigenvalue weighted by Crippen LogP contribution is -2.46. The van der Waals surface area contributed by atoms with Crippen molar-refractivity contribution in [2.75, 3.05) is 18.5 Å². The molecule has 1 heterocycles. The maximum Gasteiger partial charge on any atom is 0.323 e. The van der Waals surface area contributed by atoms with Gasteiger partial charge in [0.2, 0.25) is 0 Å². The molecule has 2 amide bonds. The molecule has 0 atom stereocenters. The highest BCUT2D eigenvalue weighted by atomic mass is 32.1. The molecule has 0 spiro atoms. The van der Waals surface area contributed by atoms with Crippen LogP contribution in [0.1, 0.15) is 58.8 Å². The van der Waals surface area contributed by atoms with Gasteiger partial charge >= 0.3 is 6.03 Å². The van der Waals surface area contributed by atoms with E-state index in [1.807, 2.05) is 10.3 Å². The van der Waals surface area contributed by atoms with E-state index in [1.54, 1.807) is 6.20 Å². The van der Waals surface area contributed by atoms with Crippen molar-refractivity contribution >= 4 is 22.5 Å². The van der Waals surface area contributed by atoms with E-state index in [0.717, 1.165) is 51.2 Å². The molecule has 1 aromatic rings. The lowest BCUT2D eigenvalue weighted by atomic mass is 9.91. The summed E-state index contributed by atoms with van der Waals surface area (Å²) in [4.78, 5) is 19.0. The van der Waals surface area contributed by atoms with Crippen molar-refractivity contribution in [3.63, 3.8) is 0 Å². The molecule has 2 aliphatic carbocycles. The second-order valence-electron chi connectivity index (χ2n) is 7.85. The third-order valence-electron chi connectivity index (χ3n) is 5.20. The number of nitrogens with zero attached hydrogens (tertiary/aromatic N) is 2. The topological polar surface area (TPSA) is 54.5 Å². The van der Waals surface area contributed by atoms with Gasteiger partial charge in [0.1, 0.15) is 0 Å². The second-order valence-corrected chi connectivity index (χ2v) is 8.75. The first-order valence-corrected chi connectivity index (χ1v) is 10.6. The molecule has 140 valence electrons. The molecule has 0 bridgehead atoms. The number of thiazole rings is 1. The van der Waals surface area contributed by atoms with E-state index >= 15 is 0 Å². The second kappa shape index (κ2) is 8.99. The number of carbonyl (C=O) groups is 1. The van der Waals surface area contributed by atoms with Crippen LogP contribution in [0.3, 0.4) is 0 Å². The highest BCUT2D eigenvalue weighted by Gasteiger charge is 2.30. The average Bonchev–Trinajstić information content (AvgIpc) is 3.29.